The van der Waals surface area contributed by atoms with Gasteiger partial charge < -0.3 is 5.73 Å². The Kier molecular flexibility index (Phi) is 6.16. The molecule has 0 aromatic carbocycles. The predicted octanol–water partition coefficient (Wildman–Crippen LogP) is 1.29. The average Bonchev–Trinajstić information content (AvgIpc) is 2.83. The maximum atomic E-state index is 12.5. The van der Waals surface area contributed by atoms with Crippen molar-refractivity contribution in [1.29, 1.82) is 0 Å². The summed E-state index contributed by atoms with van der Waals surface area (Å²) in [5.41, 5.74) is 5.44. The molecule has 0 amide bonds. The zero-order valence-corrected chi connectivity index (χ0v) is 13.6. The van der Waals surface area contributed by atoms with E-state index in [1.54, 1.807) is 17.9 Å². The molecule has 0 aliphatic carbocycles. The molecule has 1 atom stereocenters. The van der Waals surface area contributed by atoms with E-state index < -0.39 is 10.0 Å². The van der Waals surface area contributed by atoms with Crippen molar-refractivity contribution >= 4 is 10.0 Å². The summed E-state index contributed by atoms with van der Waals surface area (Å²) >= 11 is 0. The largest absolute Gasteiger partial charge is 0.330 e. The van der Waals surface area contributed by atoms with E-state index in [1.807, 2.05) is 6.92 Å². The first-order chi connectivity index (χ1) is 9.28. The summed E-state index contributed by atoms with van der Waals surface area (Å²) in [7, 11) is -1.84. The van der Waals surface area contributed by atoms with Crippen LogP contribution >= 0.6 is 0 Å². The molecular weight excluding hydrogens is 276 g/mol. The van der Waals surface area contributed by atoms with Crippen molar-refractivity contribution in [2.75, 3.05) is 13.6 Å². The van der Waals surface area contributed by atoms with E-state index in [2.05, 4.69) is 18.9 Å². The summed E-state index contributed by atoms with van der Waals surface area (Å²) in [4.78, 5) is 0.243. The van der Waals surface area contributed by atoms with Crippen molar-refractivity contribution in [3.63, 3.8) is 0 Å². The fraction of sp³-hybridized carbons (Fsp3) is 0.769. The third-order valence-electron chi connectivity index (χ3n) is 3.31. The third kappa shape index (κ3) is 4.29. The smallest absolute Gasteiger partial charge is 0.246 e. The predicted molar refractivity (Wildman–Crippen MR) is 79.8 cm³/mol. The Labute approximate surface area is 122 Å². The number of aryl methyl sites for hydroxylation is 1. The Morgan fingerprint density at radius 2 is 2.05 bits per heavy atom. The summed E-state index contributed by atoms with van der Waals surface area (Å²) in [5, 5.41) is 4.08. The molecule has 1 aromatic heterocycles. The van der Waals surface area contributed by atoms with Gasteiger partial charge in [-0.3, -0.25) is 4.68 Å². The second kappa shape index (κ2) is 7.19. The van der Waals surface area contributed by atoms with E-state index in [4.69, 9.17) is 5.73 Å². The van der Waals surface area contributed by atoms with Gasteiger partial charge in [-0.25, -0.2) is 8.42 Å². The van der Waals surface area contributed by atoms with Crippen LogP contribution in [0.2, 0.25) is 0 Å². The Hall–Kier alpha value is -0.920. The van der Waals surface area contributed by atoms with E-state index in [1.165, 1.54) is 10.5 Å². The van der Waals surface area contributed by atoms with E-state index in [-0.39, 0.29) is 10.9 Å². The lowest BCUT2D eigenvalue weighted by Gasteiger charge is -2.24. The first kappa shape index (κ1) is 17.1. The van der Waals surface area contributed by atoms with Crippen LogP contribution in [-0.4, -0.2) is 42.1 Å². The van der Waals surface area contributed by atoms with Crippen LogP contribution in [0.3, 0.4) is 0 Å². The van der Waals surface area contributed by atoms with Gasteiger partial charge in [0.25, 0.3) is 0 Å². The molecule has 0 saturated heterocycles. The SMILES string of the molecule is CC(C)CC(C)N(C)S(=O)(=O)c1cnn(CCCN)c1. The Morgan fingerprint density at radius 1 is 1.40 bits per heavy atom. The van der Waals surface area contributed by atoms with Crippen LogP contribution in [0.4, 0.5) is 0 Å². The van der Waals surface area contributed by atoms with Gasteiger partial charge >= 0.3 is 0 Å². The van der Waals surface area contributed by atoms with Gasteiger partial charge in [0, 0.05) is 25.8 Å². The monoisotopic (exact) mass is 302 g/mol. The lowest BCUT2D eigenvalue weighted by molar-refractivity contribution is 0.338. The molecule has 1 aromatic rings. The first-order valence-electron chi connectivity index (χ1n) is 6.99. The second-order valence-electron chi connectivity index (χ2n) is 5.58. The van der Waals surface area contributed by atoms with Crippen molar-refractivity contribution in [2.45, 2.75) is 51.1 Å². The molecule has 0 spiro atoms. The highest BCUT2D eigenvalue weighted by Crippen LogP contribution is 2.19. The average molecular weight is 302 g/mol. The lowest BCUT2D eigenvalue weighted by atomic mass is 10.1. The minimum Gasteiger partial charge on any atom is -0.330 e. The number of hydrogen-bond donors (Lipinski definition) is 1. The molecule has 0 bridgehead atoms. The number of nitrogens with zero attached hydrogens (tertiary/aromatic N) is 3. The summed E-state index contributed by atoms with van der Waals surface area (Å²) in [6.45, 7) is 7.30. The van der Waals surface area contributed by atoms with Crippen LogP contribution in [0.1, 0.15) is 33.6 Å². The lowest BCUT2D eigenvalue weighted by Crippen LogP contribution is -2.35. The van der Waals surface area contributed by atoms with Gasteiger partial charge in [-0.05, 0) is 32.2 Å². The van der Waals surface area contributed by atoms with Crippen LogP contribution in [0.25, 0.3) is 0 Å². The minimum atomic E-state index is -3.47. The van der Waals surface area contributed by atoms with Crippen molar-refractivity contribution in [1.82, 2.24) is 14.1 Å². The molecule has 7 heteroatoms. The zero-order chi connectivity index (χ0) is 15.3. The molecule has 0 saturated carbocycles. The van der Waals surface area contributed by atoms with E-state index in [0.717, 1.165) is 12.8 Å². The molecule has 1 rings (SSSR count). The van der Waals surface area contributed by atoms with Crippen molar-refractivity contribution in [3.8, 4) is 0 Å². The normalized spacial score (nSPS) is 14.2. The Balaban J connectivity index is 2.84. The number of rotatable bonds is 8. The fourth-order valence-corrected chi connectivity index (χ4v) is 3.41. The quantitative estimate of drug-likeness (QED) is 0.784. The van der Waals surface area contributed by atoms with E-state index in [9.17, 15) is 8.42 Å². The number of sulfonamides is 1. The highest BCUT2D eigenvalue weighted by molar-refractivity contribution is 7.89. The third-order valence-corrected chi connectivity index (χ3v) is 5.24. The molecular formula is C13H26N4O2S. The summed E-state index contributed by atoms with van der Waals surface area (Å²) in [6.07, 6.45) is 4.59. The van der Waals surface area contributed by atoms with Crippen LogP contribution in [0.5, 0.6) is 0 Å². The number of nitrogens with two attached hydrogens (primary N) is 1. The molecule has 1 heterocycles. The molecule has 0 radical (unpaired) electrons. The Morgan fingerprint density at radius 3 is 2.60 bits per heavy atom. The molecule has 20 heavy (non-hydrogen) atoms. The maximum Gasteiger partial charge on any atom is 0.246 e. The van der Waals surface area contributed by atoms with Gasteiger partial charge in [0.2, 0.25) is 10.0 Å². The highest BCUT2D eigenvalue weighted by atomic mass is 32.2. The molecule has 6 nitrogen and oxygen atoms in total. The highest BCUT2D eigenvalue weighted by Gasteiger charge is 2.27. The van der Waals surface area contributed by atoms with Gasteiger partial charge in [-0.2, -0.15) is 9.40 Å². The summed E-state index contributed by atoms with van der Waals surface area (Å²) in [6, 6.07) is -0.0348. The molecule has 0 aliphatic rings. The van der Waals surface area contributed by atoms with Crippen molar-refractivity contribution < 1.29 is 8.42 Å². The zero-order valence-electron chi connectivity index (χ0n) is 12.8. The van der Waals surface area contributed by atoms with Gasteiger partial charge in [0.1, 0.15) is 4.90 Å². The molecule has 1 unspecified atom stereocenters. The van der Waals surface area contributed by atoms with E-state index in [0.29, 0.717) is 19.0 Å². The van der Waals surface area contributed by atoms with Crippen molar-refractivity contribution in [3.05, 3.63) is 12.4 Å². The Bertz CT molecular complexity index is 510. The van der Waals surface area contributed by atoms with Crippen LogP contribution in [-0.2, 0) is 16.6 Å². The van der Waals surface area contributed by atoms with E-state index >= 15 is 0 Å². The van der Waals surface area contributed by atoms with Gasteiger partial charge in [0.05, 0.1) is 6.20 Å². The standard InChI is InChI=1S/C13H26N4O2S/c1-11(2)8-12(3)16(4)20(18,19)13-9-15-17(10-13)7-5-6-14/h9-12H,5-8,14H2,1-4H3. The first-order valence-corrected chi connectivity index (χ1v) is 8.43. The van der Waals surface area contributed by atoms with Crippen LogP contribution in [0, 0.1) is 5.92 Å². The maximum absolute atomic E-state index is 12.5. The molecule has 2 N–H and O–H groups in total. The van der Waals surface area contributed by atoms with Crippen LogP contribution in [0.15, 0.2) is 17.3 Å². The second-order valence-corrected chi connectivity index (χ2v) is 7.58. The molecule has 0 aliphatic heterocycles. The molecule has 116 valence electrons. The topological polar surface area (TPSA) is 81.2 Å². The molecule has 0 fully saturated rings. The van der Waals surface area contributed by atoms with Gasteiger partial charge in [-0.1, -0.05) is 13.8 Å². The fourth-order valence-electron chi connectivity index (χ4n) is 2.09. The van der Waals surface area contributed by atoms with Gasteiger partial charge in [-0.15, -0.1) is 0 Å². The van der Waals surface area contributed by atoms with Crippen molar-refractivity contribution in [2.24, 2.45) is 11.7 Å². The number of aromatic nitrogens is 2. The van der Waals surface area contributed by atoms with Crippen LogP contribution < -0.4 is 5.73 Å². The summed E-state index contributed by atoms with van der Waals surface area (Å²) < 4.78 is 28.0. The summed E-state index contributed by atoms with van der Waals surface area (Å²) in [5.74, 6) is 0.454. The minimum absolute atomic E-state index is 0.0348. The van der Waals surface area contributed by atoms with Gasteiger partial charge in [0.15, 0.2) is 0 Å². The number of hydrogen-bond acceptors (Lipinski definition) is 4.